The molecule has 0 bridgehead atoms. The molecule has 0 saturated heterocycles. The normalized spacial score (nSPS) is 12.1. The number of benzene rings is 2. The van der Waals surface area contributed by atoms with Gasteiger partial charge in [0.05, 0.1) is 17.6 Å². The largest absolute Gasteiger partial charge is 0.354 e. The summed E-state index contributed by atoms with van der Waals surface area (Å²) in [5.74, 6) is -0.0471. The Morgan fingerprint density at radius 2 is 1.86 bits per heavy atom. The van der Waals surface area contributed by atoms with E-state index in [0.29, 0.717) is 18.7 Å². The highest BCUT2D eigenvalue weighted by molar-refractivity contribution is 5.77. The molecule has 1 amide bonds. The molecule has 1 unspecified atom stereocenters. The standard InChI is InChI=1S/C23H27N3O2/c1-4-17(3)24-22(27)14-13-20-23(28)26(15-18-10-6-5-9-16(18)2)21-12-8-7-11-19(21)25-20/h5-12,17H,4,13-15H2,1-3H3,(H,24,27). The quantitative estimate of drug-likeness (QED) is 0.684. The Morgan fingerprint density at radius 1 is 1.14 bits per heavy atom. The molecular formula is C23H27N3O2. The fourth-order valence-electron chi connectivity index (χ4n) is 3.20. The van der Waals surface area contributed by atoms with Gasteiger partial charge in [0.25, 0.3) is 5.56 Å². The zero-order chi connectivity index (χ0) is 20.1. The van der Waals surface area contributed by atoms with Crippen LogP contribution < -0.4 is 10.9 Å². The van der Waals surface area contributed by atoms with E-state index >= 15 is 0 Å². The summed E-state index contributed by atoms with van der Waals surface area (Å²) in [6.45, 7) is 6.53. The van der Waals surface area contributed by atoms with Crippen molar-refractivity contribution in [2.75, 3.05) is 0 Å². The molecule has 3 rings (SSSR count). The zero-order valence-electron chi connectivity index (χ0n) is 16.7. The van der Waals surface area contributed by atoms with Crippen LogP contribution >= 0.6 is 0 Å². The first-order chi connectivity index (χ1) is 13.5. The van der Waals surface area contributed by atoms with Crippen LogP contribution in [0.5, 0.6) is 0 Å². The van der Waals surface area contributed by atoms with Gasteiger partial charge in [-0.1, -0.05) is 43.3 Å². The Morgan fingerprint density at radius 3 is 2.61 bits per heavy atom. The average Bonchev–Trinajstić information content (AvgIpc) is 2.70. The summed E-state index contributed by atoms with van der Waals surface area (Å²) in [5.41, 5.74) is 4.13. The summed E-state index contributed by atoms with van der Waals surface area (Å²) in [6, 6.07) is 15.8. The maximum Gasteiger partial charge on any atom is 0.273 e. The minimum Gasteiger partial charge on any atom is -0.354 e. The maximum absolute atomic E-state index is 13.2. The molecule has 1 aromatic heterocycles. The minimum atomic E-state index is -0.127. The number of carbonyl (C=O) groups excluding carboxylic acids is 1. The van der Waals surface area contributed by atoms with Crippen LogP contribution in [0.1, 0.15) is 43.5 Å². The van der Waals surface area contributed by atoms with Gasteiger partial charge >= 0.3 is 0 Å². The van der Waals surface area contributed by atoms with Crippen molar-refractivity contribution in [1.82, 2.24) is 14.9 Å². The summed E-state index contributed by atoms with van der Waals surface area (Å²) >= 11 is 0. The highest BCUT2D eigenvalue weighted by Crippen LogP contribution is 2.15. The van der Waals surface area contributed by atoms with E-state index in [4.69, 9.17) is 0 Å². The van der Waals surface area contributed by atoms with E-state index in [1.54, 1.807) is 4.57 Å². The molecule has 0 aliphatic heterocycles. The summed E-state index contributed by atoms with van der Waals surface area (Å²) in [5, 5.41) is 2.94. The predicted molar refractivity (Wildman–Crippen MR) is 113 cm³/mol. The fourth-order valence-corrected chi connectivity index (χ4v) is 3.20. The monoisotopic (exact) mass is 377 g/mol. The number of nitrogens with one attached hydrogen (secondary N) is 1. The molecule has 5 nitrogen and oxygen atoms in total. The van der Waals surface area contributed by atoms with Crippen molar-refractivity contribution in [2.24, 2.45) is 0 Å². The molecule has 1 atom stereocenters. The Kier molecular flexibility index (Phi) is 6.24. The third-order valence-electron chi connectivity index (χ3n) is 5.12. The molecule has 0 radical (unpaired) electrons. The molecule has 5 heteroatoms. The van der Waals surface area contributed by atoms with Crippen LogP contribution in [-0.2, 0) is 17.8 Å². The second-order valence-corrected chi connectivity index (χ2v) is 7.24. The van der Waals surface area contributed by atoms with E-state index in [1.165, 1.54) is 0 Å². The SMILES string of the molecule is CCC(C)NC(=O)CCc1nc2ccccc2n(Cc2ccccc2C)c1=O. The van der Waals surface area contributed by atoms with Gasteiger partial charge in [-0.05, 0) is 43.5 Å². The van der Waals surface area contributed by atoms with Crippen LogP contribution in [0.4, 0.5) is 0 Å². The maximum atomic E-state index is 13.2. The van der Waals surface area contributed by atoms with Gasteiger partial charge in [-0.25, -0.2) is 4.98 Å². The van der Waals surface area contributed by atoms with Crippen LogP contribution in [-0.4, -0.2) is 21.5 Å². The molecular weight excluding hydrogens is 350 g/mol. The van der Waals surface area contributed by atoms with E-state index < -0.39 is 0 Å². The van der Waals surface area contributed by atoms with Gasteiger partial charge < -0.3 is 9.88 Å². The van der Waals surface area contributed by atoms with Gasteiger partial charge in [0.1, 0.15) is 5.69 Å². The number of amides is 1. The van der Waals surface area contributed by atoms with Crippen molar-refractivity contribution in [1.29, 1.82) is 0 Å². The van der Waals surface area contributed by atoms with Crippen molar-refractivity contribution in [3.05, 3.63) is 75.7 Å². The van der Waals surface area contributed by atoms with Crippen LogP contribution in [0.25, 0.3) is 11.0 Å². The summed E-state index contributed by atoms with van der Waals surface area (Å²) in [6.07, 6.45) is 1.47. The molecule has 0 fully saturated rings. The number of hydrogen-bond donors (Lipinski definition) is 1. The fraction of sp³-hybridized carbons (Fsp3) is 0.348. The molecule has 28 heavy (non-hydrogen) atoms. The van der Waals surface area contributed by atoms with Crippen LogP contribution in [0.15, 0.2) is 53.3 Å². The highest BCUT2D eigenvalue weighted by Gasteiger charge is 2.14. The van der Waals surface area contributed by atoms with Crippen molar-refractivity contribution < 1.29 is 4.79 Å². The first kappa shape index (κ1) is 19.8. The summed E-state index contributed by atoms with van der Waals surface area (Å²) < 4.78 is 1.77. The lowest BCUT2D eigenvalue weighted by atomic mass is 10.1. The lowest BCUT2D eigenvalue weighted by Gasteiger charge is -2.14. The lowest BCUT2D eigenvalue weighted by Crippen LogP contribution is -2.33. The number of nitrogens with zero attached hydrogens (tertiary/aromatic N) is 2. The second kappa shape index (κ2) is 8.83. The average molecular weight is 377 g/mol. The number of para-hydroxylation sites is 2. The Balaban J connectivity index is 1.94. The van der Waals surface area contributed by atoms with E-state index in [9.17, 15) is 9.59 Å². The minimum absolute atomic E-state index is 0.0471. The lowest BCUT2D eigenvalue weighted by molar-refractivity contribution is -0.121. The summed E-state index contributed by atoms with van der Waals surface area (Å²) in [4.78, 5) is 29.8. The van der Waals surface area contributed by atoms with Gasteiger partial charge in [0.15, 0.2) is 0 Å². The molecule has 2 aromatic carbocycles. The molecule has 0 aliphatic rings. The number of fused-ring (bicyclic) bond motifs is 1. The van der Waals surface area contributed by atoms with Gasteiger partial charge in [-0.15, -0.1) is 0 Å². The number of aromatic nitrogens is 2. The molecule has 1 heterocycles. The number of rotatable bonds is 7. The van der Waals surface area contributed by atoms with Gasteiger partial charge in [0.2, 0.25) is 5.91 Å². The third-order valence-corrected chi connectivity index (χ3v) is 5.12. The van der Waals surface area contributed by atoms with Gasteiger partial charge in [-0.3, -0.25) is 9.59 Å². The number of aryl methyl sites for hydroxylation is 2. The smallest absolute Gasteiger partial charge is 0.273 e. The van der Waals surface area contributed by atoms with Crippen molar-refractivity contribution >= 4 is 16.9 Å². The topological polar surface area (TPSA) is 64.0 Å². The van der Waals surface area contributed by atoms with E-state index in [-0.39, 0.29) is 23.9 Å². The van der Waals surface area contributed by atoms with Crippen LogP contribution in [0, 0.1) is 6.92 Å². The first-order valence-electron chi connectivity index (χ1n) is 9.82. The van der Waals surface area contributed by atoms with Crippen molar-refractivity contribution in [3.8, 4) is 0 Å². The van der Waals surface area contributed by atoms with Crippen molar-refractivity contribution in [3.63, 3.8) is 0 Å². The zero-order valence-corrected chi connectivity index (χ0v) is 16.7. The Labute approximate surface area is 165 Å². The second-order valence-electron chi connectivity index (χ2n) is 7.24. The van der Waals surface area contributed by atoms with Crippen LogP contribution in [0.3, 0.4) is 0 Å². The molecule has 0 saturated carbocycles. The van der Waals surface area contributed by atoms with Crippen molar-refractivity contribution in [2.45, 2.75) is 52.6 Å². The first-order valence-corrected chi connectivity index (χ1v) is 9.82. The van der Waals surface area contributed by atoms with Crippen LogP contribution in [0.2, 0.25) is 0 Å². The van der Waals surface area contributed by atoms with Gasteiger partial charge in [-0.2, -0.15) is 0 Å². The number of hydrogen-bond acceptors (Lipinski definition) is 3. The summed E-state index contributed by atoms with van der Waals surface area (Å²) in [7, 11) is 0. The molecule has 3 aromatic rings. The van der Waals surface area contributed by atoms with E-state index in [1.807, 2.05) is 69.3 Å². The molecule has 1 N–H and O–H groups in total. The van der Waals surface area contributed by atoms with E-state index in [0.717, 1.165) is 28.6 Å². The Bertz CT molecular complexity index is 1040. The van der Waals surface area contributed by atoms with Gasteiger partial charge in [0, 0.05) is 18.9 Å². The Hall–Kier alpha value is -2.95. The molecule has 146 valence electrons. The van der Waals surface area contributed by atoms with E-state index in [2.05, 4.69) is 10.3 Å². The third kappa shape index (κ3) is 4.47. The molecule has 0 spiro atoms. The predicted octanol–water partition coefficient (Wildman–Crippen LogP) is 3.60. The number of carbonyl (C=O) groups is 1. The highest BCUT2D eigenvalue weighted by atomic mass is 16.1. The molecule has 0 aliphatic carbocycles.